The molecule has 1 heterocycles. The summed E-state index contributed by atoms with van der Waals surface area (Å²) in [5.74, 6) is 0.296. The molecule has 0 aliphatic rings. The van der Waals surface area contributed by atoms with E-state index < -0.39 is 0 Å². The largest absolute Gasteiger partial charge is 0.508 e. The summed E-state index contributed by atoms with van der Waals surface area (Å²) in [6.45, 7) is 2.12. The molecular formula is C12H13NOS. The third kappa shape index (κ3) is 2.50. The molecule has 0 bridgehead atoms. The Morgan fingerprint density at radius 2 is 1.93 bits per heavy atom. The molecule has 2 rings (SSSR count). The molecule has 0 saturated carbocycles. The Morgan fingerprint density at radius 3 is 2.53 bits per heavy atom. The Kier molecular flexibility index (Phi) is 2.92. The van der Waals surface area contributed by atoms with Crippen molar-refractivity contribution >= 4 is 17.0 Å². The summed E-state index contributed by atoms with van der Waals surface area (Å²) in [5, 5.41) is 14.6. The summed E-state index contributed by atoms with van der Waals surface area (Å²) < 4.78 is 0. The first-order valence-electron chi connectivity index (χ1n) is 4.84. The molecule has 0 saturated heterocycles. The summed E-state index contributed by atoms with van der Waals surface area (Å²) in [4.78, 5) is 1.31. The first-order chi connectivity index (χ1) is 7.25. The maximum atomic E-state index is 9.15. The average Bonchev–Trinajstić information content (AvgIpc) is 2.74. The van der Waals surface area contributed by atoms with Crippen molar-refractivity contribution in [1.29, 1.82) is 0 Å². The molecular weight excluding hydrogens is 206 g/mol. The van der Waals surface area contributed by atoms with Gasteiger partial charge in [-0.3, -0.25) is 0 Å². The van der Waals surface area contributed by atoms with Crippen LogP contribution in [-0.4, -0.2) is 5.11 Å². The van der Waals surface area contributed by atoms with Crippen LogP contribution in [0.25, 0.3) is 0 Å². The van der Waals surface area contributed by atoms with Crippen LogP contribution in [0.2, 0.25) is 0 Å². The summed E-state index contributed by atoms with van der Waals surface area (Å²) in [5.41, 5.74) is 1.02. The second-order valence-corrected chi connectivity index (χ2v) is 4.41. The Bertz CT molecular complexity index is 408. The molecule has 2 aromatic rings. The minimum absolute atomic E-state index is 0.296. The van der Waals surface area contributed by atoms with Crippen LogP contribution >= 0.6 is 11.3 Å². The van der Waals surface area contributed by atoms with Crippen LogP contribution in [0.1, 0.15) is 17.8 Å². The standard InChI is InChI=1S/C12H13NOS/c1-9(12-3-2-8-15-12)13-10-4-6-11(14)7-5-10/h2-9,13-14H,1H3. The summed E-state index contributed by atoms with van der Waals surface area (Å²) in [6, 6.07) is 11.6. The van der Waals surface area contributed by atoms with Crippen molar-refractivity contribution in [1.82, 2.24) is 0 Å². The number of phenolic OH excluding ortho intramolecular Hbond substituents is 1. The molecule has 15 heavy (non-hydrogen) atoms. The van der Waals surface area contributed by atoms with Crippen LogP contribution in [0.15, 0.2) is 41.8 Å². The van der Waals surface area contributed by atoms with Gasteiger partial charge in [0.05, 0.1) is 6.04 Å². The third-order valence-electron chi connectivity index (χ3n) is 2.22. The number of benzene rings is 1. The minimum atomic E-state index is 0.296. The molecule has 0 aliphatic carbocycles. The van der Waals surface area contributed by atoms with Crippen LogP contribution in [0.5, 0.6) is 5.75 Å². The molecule has 3 heteroatoms. The molecule has 0 radical (unpaired) electrons. The van der Waals surface area contributed by atoms with Gasteiger partial charge in [0.1, 0.15) is 5.75 Å². The summed E-state index contributed by atoms with van der Waals surface area (Å²) >= 11 is 1.74. The van der Waals surface area contributed by atoms with Crippen molar-refractivity contribution in [3.05, 3.63) is 46.7 Å². The van der Waals surface area contributed by atoms with Crippen molar-refractivity contribution in [2.24, 2.45) is 0 Å². The smallest absolute Gasteiger partial charge is 0.115 e. The fraction of sp³-hybridized carbons (Fsp3) is 0.167. The highest BCUT2D eigenvalue weighted by Crippen LogP contribution is 2.23. The first-order valence-corrected chi connectivity index (χ1v) is 5.72. The lowest BCUT2D eigenvalue weighted by molar-refractivity contribution is 0.475. The highest BCUT2D eigenvalue weighted by Gasteiger charge is 2.05. The highest BCUT2D eigenvalue weighted by atomic mass is 32.1. The van der Waals surface area contributed by atoms with Gasteiger partial charge < -0.3 is 10.4 Å². The van der Waals surface area contributed by atoms with E-state index in [1.807, 2.05) is 12.1 Å². The van der Waals surface area contributed by atoms with Gasteiger partial charge in [-0.2, -0.15) is 0 Å². The van der Waals surface area contributed by atoms with Gasteiger partial charge in [-0.25, -0.2) is 0 Å². The fourth-order valence-electron chi connectivity index (χ4n) is 1.42. The predicted octanol–water partition coefficient (Wildman–Crippen LogP) is 3.63. The zero-order valence-electron chi connectivity index (χ0n) is 8.47. The van der Waals surface area contributed by atoms with E-state index in [1.165, 1.54) is 4.88 Å². The number of anilines is 1. The Morgan fingerprint density at radius 1 is 1.20 bits per heavy atom. The lowest BCUT2D eigenvalue weighted by Crippen LogP contribution is -2.04. The van der Waals surface area contributed by atoms with Gasteiger partial charge in [-0.05, 0) is 42.6 Å². The third-order valence-corrected chi connectivity index (χ3v) is 3.28. The van der Waals surface area contributed by atoms with Crippen molar-refractivity contribution < 1.29 is 5.11 Å². The average molecular weight is 219 g/mol. The van der Waals surface area contributed by atoms with Gasteiger partial charge in [0, 0.05) is 10.6 Å². The number of hydrogen-bond acceptors (Lipinski definition) is 3. The number of hydrogen-bond donors (Lipinski definition) is 2. The van der Waals surface area contributed by atoms with Gasteiger partial charge in [0.15, 0.2) is 0 Å². The SMILES string of the molecule is CC(Nc1ccc(O)cc1)c1cccs1. The highest BCUT2D eigenvalue weighted by molar-refractivity contribution is 7.10. The van der Waals surface area contributed by atoms with E-state index in [0.29, 0.717) is 11.8 Å². The van der Waals surface area contributed by atoms with Crippen LogP contribution in [0.4, 0.5) is 5.69 Å². The number of aromatic hydroxyl groups is 1. The van der Waals surface area contributed by atoms with Crippen LogP contribution in [-0.2, 0) is 0 Å². The molecule has 2 N–H and O–H groups in total. The van der Waals surface area contributed by atoms with Gasteiger partial charge in [-0.1, -0.05) is 6.07 Å². The van der Waals surface area contributed by atoms with E-state index in [2.05, 4.69) is 29.8 Å². The first kappa shape index (κ1) is 10.1. The van der Waals surface area contributed by atoms with Crippen LogP contribution < -0.4 is 5.32 Å². The van der Waals surface area contributed by atoms with Crippen LogP contribution in [0.3, 0.4) is 0 Å². The molecule has 0 fully saturated rings. The lowest BCUT2D eigenvalue weighted by Gasteiger charge is -2.13. The van der Waals surface area contributed by atoms with Gasteiger partial charge in [0.2, 0.25) is 0 Å². The Hall–Kier alpha value is -1.48. The number of rotatable bonds is 3. The molecule has 1 atom stereocenters. The Labute approximate surface area is 93.2 Å². The maximum Gasteiger partial charge on any atom is 0.115 e. The quantitative estimate of drug-likeness (QED) is 0.773. The van der Waals surface area contributed by atoms with E-state index in [1.54, 1.807) is 23.5 Å². The van der Waals surface area contributed by atoms with E-state index in [9.17, 15) is 0 Å². The monoisotopic (exact) mass is 219 g/mol. The van der Waals surface area contributed by atoms with E-state index in [-0.39, 0.29) is 0 Å². The van der Waals surface area contributed by atoms with Crippen LogP contribution in [0, 0.1) is 0 Å². The maximum absolute atomic E-state index is 9.15. The predicted molar refractivity (Wildman–Crippen MR) is 64.5 cm³/mol. The molecule has 0 spiro atoms. The zero-order chi connectivity index (χ0) is 10.7. The Balaban J connectivity index is 2.06. The second-order valence-electron chi connectivity index (χ2n) is 3.43. The zero-order valence-corrected chi connectivity index (χ0v) is 9.29. The van der Waals surface area contributed by atoms with Gasteiger partial charge >= 0.3 is 0 Å². The molecule has 1 unspecified atom stereocenters. The number of phenols is 1. The van der Waals surface area contributed by atoms with E-state index in [4.69, 9.17) is 5.11 Å². The minimum Gasteiger partial charge on any atom is -0.508 e. The molecule has 1 aromatic heterocycles. The molecule has 0 aliphatic heterocycles. The molecule has 1 aromatic carbocycles. The molecule has 78 valence electrons. The van der Waals surface area contributed by atoms with Gasteiger partial charge in [-0.15, -0.1) is 11.3 Å². The van der Waals surface area contributed by atoms with Crippen molar-refractivity contribution in [2.75, 3.05) is 5.32 Å². The number of thiophene rings is 1. The lowest BCUT2D eigenvalue weighted by atomic mass is 10.2. The molecule has 0 amide bonds. The topological polar surface area (TPSA) is 32.3 Å². The molecule has 2 nitrogen and oxygen atoms in total. The van der Waals surface area contributed by atoms with Gasteiger partial charge in [0.25, 0.3) is 0 Å². The van der Waals surface area contributed by atoms with Crippen molar-refractivity contribution in [3.63, 3.8) is 0 Å². The van der Waals surface area contributed by atoms with Crippen molar-refractivity contribution in [2.45, 2.75) is 13.0 Å². The van der Waals surface area contributed by atoms with E-state index >= 15 is 0 Å². The number of nitrogens with one attached hydrogen (secondary N) is 1. The van der Waals surface area contributed by atoms with E-state index in [0.717, 1.165) is 5.69 Å². The van der Waals surface area contributed by atoms with Crippen molar-refractivity contribution in [3.8, 4) is 5.75 Å². The second kappa shape index (κ2) is 4.36. The summed E-state index contributed by atoms with van der Waals surface area (Å²) in [6.07, 6.45) is 0. The fourth-order valence-corrected chi connectivity index (χ4v) is 2.15. The summed E-state index contributed by atoms with van der Waals surface area (Å²) in [7, 11) is 0. The normalized spacial score (nSPS) is 12.3.